The number of benzene rings is 2. The molecule has 0 radical (unpaired) electrons. The number of nitro groups is 1. The quantitative estimate of drug-likeness (QED) is 0.606. The first-order valence-corrected chi connectivity index (χ1v) is 6.97. The number of methoxy groups -OCH3 is 1. The topological polar surface area (TPSA) is 52.4 Å². The lowest BCUT2D eigenvalue weighted by Gasteiger charge is -2.10. The number of nitrogens with zero attached hydrogens (tertiary/aromatic N) is 1. The molecule has 0 fully saturated rings. The van der Waals surface area contributed by atoms with E-state index in [0.29, 0.717) is 5.02 Å². The van der Waals surface area contributed by atoms with E-state index in [-0.39, 0.29) is 5.69 Å². The van der Waals surface area contributed by atoms with E-state index in [1.807, 2.05) is 25.1 Å². The van der Waals surface area contributed by atoms with Crippen LogP contribution in [-0.4, -0.2) is 12.0 Å². The zero-order valence-electron chi connectivity index (χ0n) is 10.9. The van der Waals surface area contributed by atoms with Crippen molar-refractivity contribution in [3.63, 3.8) is 0 Å². The standard InChI is InChI=1S/C14H12ClNO3S/c1-9-3-5-12(19-2)14(7-9)20-13-6-4-10(16(17)18)8-11(13)15/h3-8H,1-2H3. The van der Waals surface area contributed by atoms with Crippen molar-refractivity contribution in [2.45, 2.75) is 16.7 Å². The normalized spacial score (nSPS) is 10.3. The number of nitro benzene ring substituents is 1. The van der Waals surface area contributed by atoms with E-state index in [1.54, 1.807) is 13.2 Å². The predicted octanol–water partition coefficient (Wildman–Crippen LogP) is 4.72. The summed E-state index contributed by atoms with van der Waals surface area (Å²) in [4.78, 5) is 11.9. The Morgan fingerprint density at radius 3 is 2.55 bits per heavy atom. The molecule has 0 saturated heterocycles. The minimum Gasteiger partial charge on any atom is -0.496 e. The van der Waals surface area contributed by atoms with E-state index in [0.717, 1.165) is 21.1 Å². The monoisotopic (exact) mass is 309 g/mol. The van der Waals surface area contributed by atoms with Crippen LogP contribution in [0.25, 0.3) is 0 Å². The molecule has 0 aliphatic heterocycles. The number of non-ortho nitro benzene ring substituents is 1. The molecule has 6 heteroatoms. The largest absolute Gasteiger partial charge is 0.496 e. The molecule has 0 N–H and O–H groups in total. The summed E-state index contributed by atoms with van der Waals surface area (Å²) in [7, 11) is 1.60. The van der Waals surface area contributed by atoms with Crippen molar-refractivity contribution in [2.24, 2.45) is 0 Å². The van der Waals surface area contributed by atoms with Crippen LogP contribution in [0.4, 0.5) is 5.69 Å². The molecule has 2 rings (SSSR count). The van der Waals surface area contributed by atoms with E-state index in [4.69, 9.17) is 16.3 Å². The molecule has 2 aromatic carbocycles. The second-order valence-corrected chi connectivity index (χ2v) is 5.62. The van der Waals surface area contributed by atoms with Crippen LogP contribution < -0.4 is 4.74 Å². The molecule has 0 spiro atoms. The number of aryl methyl sites for hydroxylation is 1. The van der Waals surface area contributed by atoms with E-state index in [2.05, 4.69) is 0 Å². The lowest BCUT2D eigenvalue weighted by atomic mass is 10.2. The highest BCUT2D eigenvalue weighted by molar-refractivity contribution is 7.99. The predicted molar refractivity (Wildman–Crippen MR) is 80.0 cm³/mol. The van der Waals surface area contributed by atoms with Gasteiger partial charge in [0.25, 0.3) is 5.69 Å². The second kappa shape index (κ2) is 6.15. The van der Waals surface area contributed by atoms with Crippen LogP contribution in [0.3, 0.4) is 0 Å². The molecule has 0 amide bonds. The lowest BCUT2D eigenvalue weighted by Crippen LogP contribution is -1.89. The highest BCUT2D eigenvalue weighted by atomic mass is 35.5. The molecule has 0 atom stereocenters. The van der Waals surface area contributed by atoms with Gasteiger partial charge >= 0.3 is 0 Å². The fourth-order valence-electron chi connectivity index (χ4n) is 1.67. The third-order valence-electron chi connectivity index (χ3n) is 2.67. The van der Waals surface area contributed by atoms with Gasteiger partial charge in [-0.15, -0.1) is 0 Å². The summed E-state index contributed by atoms with van der Waals surface area (Å²) in [6.45, 7) is 1.99. The van der Waals surface area contributed by atoms with Crippen molar-refractivity contribution in [3.8, 4) is 5.75 Å². The van der Waals surface area contributed by atoms with Crippen LogP contribution in [0.15, 0.2) is 46.2 Å². The van der Waals surface area contributed by atoms with Gasteiger partial charge in [0.15, 0.2) is 0 Å². The summed E-state index contributed by atoms with van der Waals surface area (Å²) in [6, 6.07) is 10.3. The maximum atomic E-state index is 10.7. The van der Waals surface area contributed by atoms with Gasteiger partial charge in [0.05, 0.1) is 22.0 Å². The molecule has 0 unspecified atom stereocenters. The Labute approximate surface area is 125 Å². The fourth-order valence-corrected chi connectivity index (χ4v) is 2.98. The van der Waals surface area contributed by atoms with E-state index in [9.17, 15) is 10.1 Å². The number of rotatable bonds is 4. The third-order valence-corrected chi connectivity index (χ3v) is 4.20. The first kappa shape index (κ1) is 14.7. The average Bonchev–Trinajstić information content (AvgIpc) is 2.41. The number of halogens is 1. The van der Waals surface area contributed by atoms with Gasteiger partial charge in [-0.2, -0.15) is 0 Å². The van der Waals surface area contributed by atoms with Crippen LogP contribution in [0.5, 0.6) is 5.75 Å². The van der Waals surface area contributed by atoms with Gasteiger partial charge in [-0.1, -0.05) is 29.4 Å². The second-order valence-electron chi connectivity index (χ2n) is 4.13. The van der Waals surface area contributed by atoms with Crippen molar-refractivity contribution in [3.05, 3.63) is 57.1 Å². The first-order valence-electron chi connectivity index (χ1n) is 5.77. The molecule has 4 nitrogen and oxygen atoms in total. The van der Waals surface area contributed by atoms with Crippen LogP contribution in [0.1, 0.15) is 5.56 Å². The fraction of sp³-hybridized carbons (Fsp3) is 0.143. The van der Waals surface area contributed by atoms with Crippen molar-refractivity contribution >= 4 is 29.1 Å². The molecule has 0 saturated carbocycles. The van der Waals surface area contributed by atoms with Crippen molar-refractivity contribution < 1.29 is 9.66 Å². The summed E-state index contributed by atoms with van der Waals surface area (Å²) in [6.07, 6.45) is 0. The van der Waals surface area contributed by atoms with Gasteiger partial charge in [-0.05, 0) is 30.7 Å². The number of hydrogen-bond acceptors (Lipinski definition) is 4. The number of ether oxygens (including phenoxy) is 1. The summed E-state index contributed by atoms with van der Waals surface area (Å²) in [5.74, 6) is 0.745. The molecule has 104 valence electrons. The van der Waals surface area contributed by atoms with E-state index in [1.165, 1.54) is 23.9 Å². The van der Waals surface area contributed by atoms with E-state index >= 15 is 0 Å². The number of hydrogen-bond donors (Lipinski definition) is 0. The molecule has 0 bridgehead atoms. The Bertz CT molecular complexity index is 661. The van der Waals surface area contributed by atoms with Gasteiger partial charge in [0.2, 0.25) is 0 Å². The summed E-state index contributed by atoms with van der Waals surface area (Å²) in [5.41, 5.74) is 1.09. The maximum Gasteiger partial charge on any atom is 0.270 e. The van der Waals surface area contributed by atoms with Crippen LogP contribution in [-0.2, 0) is 0 Å². The van der Waals surface area contributed by atoms with Crippen LogP contribution in [0.2, 0.25) is 5.02 Å². The zero-order valence-corrected chi connectivity index (χ0v) is 12.5. The molecular weight excluding hydrogens is 298 g/mol. The smallest absolute Gasteiger partial charge is 0.270 e. The third kappa shape index (κ3) is 3.23. The molecule has 0 heterocycles. The Balaban J connectivity index is 2.35. The van der Waals surface area contributed by atoms with Gasteiger partial charge in [0, 0.05) is 17.0 Å². The molecule has 0 aliphatic carbocycles. The zero-order chi connectivity index (χ0) is 14.7. The van der Waals surface area contributed by atoms with Gasteiger partial charge < -0.3 is 4.74 Å². The molecule has 2 aromatic rings. The Kier molecular flexibility index (Phi) is 4.52. The molecule has 0 aromatic heterocycles. The highest BCUT2D eigenvalue weighted by Gasteiger charge is 2.12. The van der Waals surface area contributed by atoms with Crippen molar-refractivity contribution in [1.29, 1.82) is 0 Å². The summed E-state index contributed by atoms with van der Waals surface area (Å²) < 4.78 is 5.30. The minimum absolute atomic E-state index is 0.0180. The molecule has 20 heavy (non-hydrogen) atoms. The minimum atomic E-state index is -0.465. The summed E-state index contributed by atoms with van der Waals surface area (Å²) >= 11 is 7.51. The van der Waals surface area contributed by atoms with Crippen molar-refractivity contribution in [1.82, 2.24) is 0 Å². The van der Waals surface area contributed by atoms with Gasteiger partial charge in [-0.3, -0.25) is 10.1 Å². The van der Waals surface area contributed by atoms with Crippen molar-refractivity contribution in [2.75, 3.05) is 7.11 Å². The summed E-state index contributed by atoms with van der Waals surface area (Å²) in [5, 5.41) is 11.0. The first-order chi connectivity index (χ1) is 9.51. The SMILES string of the molecule is COc1ccc(C)cc1Sc1ccc([N+](=O)[O-])cc1Cl. The molecule has 0 aliphatic rings. The van der Waals surface area contributed by atoms with E-state index < -0.39 is 4.92 Å². The Hall–Kier alpha value is -1.72. The van der Waals surface area contributed by atoms with Crippen LogP contribution >= 0.6 is 23.4 Å². The molecular formula is C14H12ClNO3S. The Morgan fingerprint density at radius 2 is 1.95 bits per heavy atom. The lowest BCUT2D eigenvalue weighted by molar-refractivity contribution is -0.384. The van der Waals surface area contributed by atoms with Gasteiger partial charge in [0.1, 0.15) is 5.75 Å². The van der Waals surface area contributed by atoms with Gasteiger partial charge in [-0.25, -0.2) is 0 Å². The van der Waals surface area contributed by atoms with Crippen LogP contribution in [0, 0.1) is 17.0 Å². The maximum absolute atomic E-state index is 10.7. The average molecular weight is 310 g/mol. The highest BCUT2D eigenvalue weighted by Crippen LogP contribution is 2.39. The Morgan fingerprint density at radius 1 is 1.20 bits per heavy atom.